The van der Waals surface area contributed by atoms with E-state index in [1.54, 1.807) is 0 Å². The van der Waals surface area contributed by atoms with Crippen molar-refractivity contribution >= 4 is 83.6 Å². The van der Waals surface area contributed by atoms with Gasteiger partial charge in [-0.05, 0) is 113 Å². The van der Waals surface area contributed by atoms with Crippen molar-refractivity contribution < 1.29 is 0 Å². The van der Waals surface area contributed by atoms with E-state index in [2.05, 4.69) is 104 Å². The SMILES string of the molecule is [B]c1c([B])c([B])c(N(c2ccc3c(c2)C2(c4ccccc4-3)C3CC4CC(C3)CC2C4)c2cccc3c2-c2ccccc2C3(C)C)c([B])c1[B]. The summed E-state index contributed by atoms with van der Waals surface area (Å²) in [5.74, 6) is 3.00. The molecule has 6 aliphatic rings. The largest absolute Gasteiger partial charge is 0.311 e. The average Bonchev–Trinajstić information content (AvgIpc) is 3.53. The Bertz CT molecular complexity index is 2190. The topological polar surface area (TPSA) is 3.24 Å². The molecule has 6 heteroatoms. The second-order valence-electron chi connectivity index (χ2n) is 16.1. The first kappa shape index (κ1) is 30.1. The van der Waals surface area contributed by atoms with Gasteiger partial charge in [0.1, 0.15) is 39.2 Å². The number of hydrogen-bond donors (Lipinski definition) is 0. The number of nitrogens with zero attached hydrogens (tertiary/aromatic N) is 1. The van der Waals surface area contributed by atoms with Crippen molar-refractivity contribution in [3.05, 3.63) is 107 Å². The van der Waals surface area contributed by atoms with Crippen LogP contribution in [0.5, 0.6) is 0 Å². The van der Waals surface area contributed by atoms with E-state index < -0.39 is 0 Å². The van der Waals surface area contributed by atoms with Crippen LogP contribution in [0.15, 0.2) is 84.9 Å². The van der Waals surface area contributed by atoms with Crippen LogP contribution in [-0.4, -0.2) is 39.2 Å². The summed E-state index contributed by atoms with van der Waals surface area (Å²) in [6.07, 6.45) is 6.69. The standard InChI is InChI=1S/C43H34B5N/c1-42(2)30-10-5-4-9-29(30)35-32(42)12-7-13-34(35)49(41-39(47)37(45)36(44)38(46)40(41)48)26-14-15-28-27-8-3-6-11-31(27)43(33(28)21-26)24-17-22-16-23(19-24)20-25(43)18-22/h3-15,21-25H,16-20H2,1-2H3. The van der Waals surface area contributed by atoms with Crippen LogP contribution >= 0.6 is 0 Å². The van der Waals surface area contributed by atoms with Crippen molar-refractivity contribution in [1.29, 1.82) is 0 Å². The monoisotopic (exact) mass is 619 g/mol. The molecule has 4 bridgehead atoms. The third kappa shape index (κ3) is 3.74. The molecule has 4 fully saturated rings. The molecule has 49 heavy (non-hydrogen) atoms. The van der Waals surface area contributed by atoms with Crippen molar-refractivity contribution in [3.63, 3.8) is 0 Å². The Kier molecular flexibility index (Phi) is 6.23. The van der Waals surface area contributed by atoms with Crippen molar-refractivity contribution in [3.8, 4) is 22.3 Å². The van der Waals surface area contributed by atoms with Crippen LogP contribution in [0, 0.1) is 23.7 Å². The normalized spacial score (nSPS) is 26.0. The Labute approximate surface area is 297 Å². The van der Waals surface area contributed by atoms with Crippen molar-refractivity contribution in [2.24, 2.45) is 23.7 Å². The molecule has 0 atom stereocenters. The predicted molar refractivity (Wildman–Crippen MR) is 209 cm³/mol. The van der Waals surface area contributed by atoms with Gasteiger partial charge in [0.15, 0.2) is 0 Å². The van der Waals surface area contributed by atoms with Gasteiger partial charge in [-0.15, -0.1) is 16.4 Å². The molecular formula is C43H34B5N. The van der Waals surface area contributed by atoms with Crippen LogP contribution in [0.2, 0.25) is 0 Å². The number of fused-ring (bicyclic) bond motifs is 6. The van der Waals surface area contributed by atoms with E-state index in [0.717, 1.165) is 23.2 Å². The molecular weight excluding hydrogens is 585 g/mol. The number of hydrogen-bond acceptors (Lipinski definition) is 1. The third-order valence-electron chi connectivity index (χ3n) is 13.5. The minimum absolute atomic E-state index is 0.00448. The van der Waals surface area contributed by atoms with Gasteiger partial charge in [0.05, 0.1) is 5.69 Å². The van der Waals surface area contributed by atoms with Gasteiger partial charge in [0.25, 0.3) is 0 Å². The molecule has 0 amide bonds. The first-order chi connectivity index (χ1) is 23.6. The number of benzene rings is 5. The summed E-state index contributed by atoms with van der Waals surface area (Å²) in [6.45, 7) is 4.60. The first-order valence-corrected chi connectivity index (χ1v) is 17.9. The van der Waals surface area contributed by atoms with Crippen LogP contribution in [-0.2, 0) is 10.8 Å². The molecule has 11 rings (SSSR count). The lowest BCUT2D eigenvalue weighted by atomic mass is 9.43. The highest BCUT2D eigenvalue weighted by Gasteiger charge is 2.61. The van der Waals surface area contributed by atoms with E-state index in [1.807, 2.05) is 0 Å². The zero-order chi connectivity index (χ0) is 33.6. The summed E-state index contributed by atoms with van der Waals surface area (Å²) in [6, 6.07) is 31.5. The van der Waals surface area contributed by atoms with E-state index >= 15 is 0 Å². The predicted octanol–water partition coefficient (Wildman–Crippen LogP) is 5.15. The molecule has 0 N–H and O–H groups in total. The molecule has 10 radical (unpaired) electrons. The summed E-state index contributed by atoms with van der Waals surface area (Å²) in [4.78, 5) is 2.22. The fourth-order valence-corrected chi connectivity index (χ4v) is 11.7. The summed E-state index contributed by atoms with van der Waals surface area (Å²) in [5, 5.41) is 0. The Balaban J connectivity index is 1.27. The second kappa shape index (κ2) is 10.2. The maximum Gasteiger partial charge on any atom is 0.115 e. The molecule has 0 unspecified atom stereocenters. The highest BCUT2D eigenvalue weighted by molar-refractivity contribution is 6.69. The Morgan fingerprint density at radius 1 is 0.531 bits per heavy atom. The minimum atomic E-state index is -0.187. The molecule has 5 aromatic carbocycles. The van der Waals surface area contributed by atoms with Gasteiger partial charge in [-0.1, -0.05) is 91.5 Å². The van der Waals surface area contributed by atoms with Gasteiger partial charge in [0, 0.05) is 27.8 Å². The third-order valence-corrected chi connectivity index (χ3v) is 13.5. The van der Waals surface area contributed by atoms with Gasteiger partial charge >= 0.3 is 0 Å². The number of rotatable bonds is 3. The summed E-state index contributed by atoms with van der Waals surface area (Å²) < 4.78 is 0. The van der Waals surface area contributed by atoms with Crippen molar-refractivity contribution in [2.75, 3.05) is 4.90 Å². The highest BCUT2D eigenvalue weighted by Crippen LogP contribution is 2.69. The van der Waals surface area contributed by atoms with E-state index in [9.17, 15) is 0 Å². The lowest BCUT2D eigenvalue weighted by molar-refractivity contribution is -0.0399. The smallest absolute Gasteiger partial charge is 0.115 e. The molecule has 0 heterocycles. The molecule has 5 aromatic rings. The van der Waals surface area contributed by atoms with Crippen LogP contribution in [0.25, 0.3) is 22.3 Å². The molecule has 6 aliphatic carbocycles. The zero-order valence-electron chi connectivity index (χ0n) is 28.3. The lowest BCUT2D eigenvalue weighted by Gasteiger charge is -2.61. The molecule has 1 nitrogen and oxygen atoms in total. The van der Waals surface area contributed by atoms with Crippen molar-refractivity contribution in [1.82, 2.24) is 0 Å². The Morgan fingerprint density at radius 3 is 1.76 bits per heavy atom. The van der Waals surface area contributed by atoms with Gasteiger partial charge in [0.2, 0.25) is 0 Å². The van der Waals surface area contributed by atoms with Gasteiger partial charge in [-0.2, -0.15) is 0 Å². The van der Waals surface area contributed by atoms with Crippen LogP contribution in [0.1, 0.15) is 68.2 Å². The first-order valence-electron chi connectivity index (χ1n) is 17.9. The van der Waals surface area contributed by atoms with E-state index in [1.165, 1.54) is 76.6 Å². The molecule has 226 valence electrons. The van der Waals surface area contributed by atoms with E-state index in [-0.39, 0.29) is 27.2 Å². The lowest BCUT2D eigenvalue weighted by Crippen LogP contribution is -2.56. The van der Waals surface area contributed by atoms with Crippen LogP contribution in [0.3, 0.4) is 0 Å². The van der Waals surface area contributed by atoms with Crippen molar-refractivity contribution in [2.45, 2.75) is 56.8 Å². The number of anilines is 3. The van der Waals surface area contributed by atoms with E-state index in [4.69, 9.17) is 39.2 Å². The summed E-state index contributed by atoms with van der Waals surface area (Å²) >= 11 is 0. The molecule has 1 spiro atoms. The molecule has 4 saturated carbocycles. The fraction of sp³-hybridized carbons (Fsp3) is 0.302. The maximum atomic E-state index is 6.95. The summed E-state index contributed by atoms with van der Waals surface area (Å²) in [5.41, 5.74) is 14.4. The quantitative estimate of drug-likeness (QED) is 0.253. The average molecular weight is 619 g/mol. The zero-order valence-corrected chi connectivity index (χ0v) is 28.3. The van der Waals surface area contributed by atoms with Gasteiger partial charge in [-0.25, -0.2) is 0 Å². The Morgan fingerprint density at radius 2 is 1.08 bits per heavy atom. The maximum absolute atomic E-state index is 6.95. The van der Waals surface area contributed by atoms with E-state index in [0.29, 0.717) is 28.4 Å². The van der Waals surface area contributed by atoms with Crippen LogP contribution in [0.4, 0.5) is 17.1 Å². The summed E-state index contributed by atoms with van der Waals surface area (Å²) in [7, 11) is 33.5. The molecule has 0 aliphatic heterocycles. The highest BCUT2D eigenvalue weighted by atomic mass is 15.1. The minimum Gasteiger partial charge on any atom is -0.311 e. The fourth-order valence-electron chi connectivity index (χ4n) is 11.7. The van der Waals surface area contributed by atoms with Gasteiger partial charge < -0.3 is 4.90 Å². The molecule has 0 aromatic heterocycles. The van der Waals surface area contributed by atoms with Crippen LogP contribution < -0.4 is 32.2 Å². The molecule has 0 saturated heterocycles. The second-order valence-corrected chi connectivity index (χ2v) is 16.1. The van der Waals surface area contributed by atoms with Gasteiger partial charge in [-0.3, -0.25) is 0 Å². The Hall–Kier alpha value is -3.78.